The third kappa shape index (κ3) is 2.59. The van der Waals surface area contributed by atoms with E-state index in [4.69, 9.17) is 4.74 Å². The van der Waals surface area contributed by atoms with Gasteiger partial charge in [0.2, 0.25) is 0 Å². The average Bonchev–Trinajstić information content (AvgIpc) is 2.91. The lowest BCUT2D eigenvalue weighted by Crippen LogP contribution is -2.59. The molecule has 0 N–H and O–H groups in total. The molecule has 3 rings (SSSR count). The van der Waals surface area contributed by atoms with Gasteiger partial charge in [0.1, 0.15) is 0 Å². The van der Waals surface area contributed by atoms with E-state index in [1.807, 2.05) is 42.5 Å². The number of hydrogen-bond donors (Lipinski definition) is 0. The third-order valence-corrected chi connectivity index (χ3v) is 9.62. The monoisotopic (exact) mass is 332 g/mol. The molecular weight excluding hydrogens is 316 g/mol. The van der Waals surface area contributed by atoms with Crippen LogP contribution >= 0.6 is 0 Å². The predicted molar refractivity (Wildman–Crippen MR) is 86.8 cm³/mol. The van der Waals surface area contributed by atoms with Crippen molar-refractivity contribution in [2.45, 2.75) is 10.9 Å². The molecule has 6 heteroatoms. The highest BCUT2D eigenvalue weighted by molar-refractivity contribution is 7.90. The summed E-state index contributed by atoms with van der Waals surface area (Å²) in [6.45, 7) is 0. The van der Waals surface area contributed by atoms with Gasteiger partial charge in [0.15, 0.2) is 17.9 Å². The molecule has 2 aromatic carbocycles. The van der Waals surface area contributed by atoms with Crippen molar-refractivity contribution < 1.29 is 17.9 Å². The number of sulfone groups is 1. The fourth-order valence-corrected chi connectivity index (χ4v) is 7.31. The first-order valence-electron chi connectivity index (χ1n) is 6.94. The van der Waals surface area contributed by atoms with Crippen LogP contribution in [0.1, 0.15) is 0 Å². The van der Waals surface area contributed by atoms with Crippen LogP contribution in [0, 0.1) is 0 Å². The Morgan fingerprint density at radius 3 is 2.05 bits per heavy atom. The largest absolute Gasteiger partial charge is 0.469 e. The topological polar surface area (TPSA) is 60.4 Å². The van der Waals surface area contributed by atoms with Gasteiger partial charge in [0.05, 0.1) is 17.2 Å². The molecule has 114 valence electrons. The Kier molecular flexibility index (Phi) is 3.66. The third-order valence-electron chi connectivity index (χ3n) is 4.09. The molecule has 0 aliphatic carbocycles. The number of cyclic esters (lactones) is 1. The minimum Gasteiger partial charge on any atom is -0.469 e. The lowest BCUT2D eigenvalue weighted by molar-refractivity contribution is -0.137. The molecule has 1 aliphatic rings. The van der Waals surface area contributed by atoms with Crippen LogP contribution in [0.3, 0.4) is 0 Å². The van der Waals surface area contributed by atoms with Crippen molar-refractivity contribution in [3.8, 4) is 0 Å². The molecule has 0 saturated carbocycles. The van der Waals surface area contributed by atoms with Gasteiger partial charge in [0.25, 0.3) is 0 Å². The Balaban J connectivity index is 2.10. The Labute approximate surface area is 130 Å². The lowest BCUT2D eigenvalue weighted by atomic mass is 10.4. The smallest absolute Gasteiger partial charge is 0.303 e. The van der Waals surface area contributed by atoms with Crippen LogP contribution < -0.4 is 10.4 Å². The second kappa shape index (κ2) is 5.37. The summed E-state index contributed by atoms with van der Waals surface area (Å²) in [6.07, 6.45) is 1.60. The first-order chi connectivity index (χ1) is 10.4. The Morgan fingerprint density at radius 1 is 0.955 bits per heavy atom. The van der Waals surface area contributed by atoms with Crippen LogP contribution in [-0.2, 0) is 19.4 Å². The normalized spacial score (nSPS) is 21.6. The number of ether oxygens (including phenoxy) is 1. The van der Waals surface area contributed by atoms with Gasteiger partial charge < -0.3 is 4.74 Å². The highest BCUT2D eigenvalue weighted by atomic mass is 32.2. The van der Waals surface area contributed by atoms with Gasteiger partial charge in [-0.15, -0.1) is 0 Å². The van der Waals surface area contributed by atoms with Gasteiger partial charge in [-0.3, -0.25) is 4.79 Å². The van der Waals surface area contributed by atoms with Crippen molar-refractivity contribution in [2.75, 3.05) is 12.5 Å². The Hall–Kier alpha value is -1.92. The molecular formula is C16H16O4SSi. The maximum absolute atomic E-state index is 11.7. The van der Waals surface area contributed by atoms with Crippen LogP contribution in [0.2, 0.25) is 6.04 Å². The van der Waals surface area contributed by atoms with Crippen LogP contribution in [0.4, 0.5) is 0 Å². The summed E-state index contributed by atoms with van der Waals surface area (Å²) in [7, 11) is -5.52. The first-order valence-corrected chi connectivity index (χ1v) is 11.2. The van der Waals surface area contributed by atoms with E-state index in [0.717, 1.165) is 10.4 Å². The standard InChI is InChI=1S/C16H16O4SSi/c1-21(18,19)13-7-9-15(10-8-13)22(11-16(17)20-12-22)14-5-3-2-4-6-14/h2-10H,11-12H2,1H3. The number of carbonyl (C=O) groups excluding carboxylic acids is 1. The molecule has 0 radical (unpaired) electrons. The number of hydrogen-bond acceptors (Lipinski definition) is 4. The van der Waals surface area contributed by atoms with Crippen molar-refractivity contribution in [1.82, 2.24) is 0 Å². The minimum absolute atomic E-state index is 0.178. The number of esters is 1. The van der Waals surface area contributed by atoms with Crippen molar-refractivity contribution in [2.24, 2.45) is 0 Å². The van der Waals surface area contributed by atoms with Gasteiger partial charge in [-0.25, -0.2) is 8.42 Å². The fraction of sp³-hybridized carbons (Fsp3) is 0.188. The van der Waals surface area contributed by atoms with Crippen LogP contribution in [-0.4, -0.2) is 34.9 Å². The number of rotatable bonds is 3. The minimum atomic E-state index is -3.22. The van der Waals surface area contributed by atoms with Crippen molar-refractivity contribution >= 4 is 34.3 Å². The van der Waals surface area contributed by atoms with Crippen molar-refractivity contribution in [3.63, 3.8) is 0 Å². The Bertz CT molecular complexity index is 800. The van der Waals surface area contributed by atoms with Crippen LogP contribution in [0.15, 0.2) is 59.5 Å². The molecule has 1 atom stereocenters. The van der Waals surface area contributed by atoms with Gasteiger partial charge in [-0.1, -0.05) is 42.5 Å². The SMILES string of the molecule is CS(=O)(=O)c1ccc([Si]2(c3ccccc3)COC(=O)C2)cc1. The second-order valence-corrected chi connectivity index (χ2v) is 11.6. The van der Waals surface area contributed by atoms with E-state index in [2.05, 4.69) is 0 Å². The summed E-state index contributed by atoms with van der Waals surface area (Å²) in [4.78, 5) is 12.0. The molecule has 1 unspecified atom stereocenters. The van der Waals surface area contributed by atoms with Crippen LogP contribution in [0.25, 0.3) is 0 Å². The number of carbonyl (C=O) groups is 1. The zero-order valence-electron chi connectivity index (χ0n) is 12.2. The molecule has 0 spiro atoms. The summed E-state index contributed by atoms with van der Waals surface area (Å²) >= 11 is 0. The maximum atomic E-state index is 11.7. The van der Waals surface area contributed by atoms with E-state index in [-0.39, 0.29) is 5.97 Å². The fourth-order valence-electron chi connectivity index (χ4n) is 2.87. The van der Waals surface area contributed by atoms with Crippen molar-refractivity contribution in [1.29, 1.82) is 0 Å². The zero-order valence-corrected chi connectivity index (χ0v) is 14.0. The van der Waals surface area contributed by atoms with Crippen molar-refractivity contribution in [3.05, 3.63) is 54.6 Å². The average molecular weight is 332 g/mol. The molecule has 0 bridgehead atoms. The zero-order chi connectivity index (χ0) is 15.8. The predicted octanol–water partition coefficient (Wildman–Crippen LogP) is 0.749. The lowest BCUT2D eigenvalue weighted by Gasteiger charge is -2.24. The molecule has 0 aromatic heterocycles. The molecule has 1 fully saturated rings. The molecule has 4 nitrogen and oxygen atoms in total. The summed E-state index contributed by atoms with van der Waals surface area (Å²) in [5, 5.41) is 2.16. The summed E-state index contributed by atoms with van der Waals surface area (Å²) in [5.74, 6) is -0.178. The van der Waals surface area contributed by atoms with E-state index in [0.29, 0.717) is 17.2 Å². The second-order valence-electron chi connectivity index (χ2n) is 5.58. The highest BCUT2D eigenvalue weighted by Gasteiger charge is 2.46. The maximum Gasteiger partial charge on any atom is 0.303 e. The molecule has 2 aromatic rings. The van der Waals surface area contributed by atoms with E-state index in [9.17, 15) is 13.2 Å². The van der Waals surface area contributed by atoms with E-state index in [1.165, 1.54) is 6.26 Å². The van der Waals surface area contributed by atoms with Gasteiger partial charge in [-0.05, 0) is 22.5 Å². The quantitative estimate of drug-likeness (QED) is 0.615. The molecule has 1 saturated heterocycles. The summed E-state index contributed by atoms with van der Waals surface area (Å²) in [5.41, 5.74) is 0. The highest BCUT2D eigenvalue weighted by Crippen LogP contribution is 2.20. The van der Waals surface area contributed by atoms with Gasteiger partial charge in [-0.2, -0.15) is 0 Å². The molecule has 1 aliphatic heterocycles. The van der Waals surface area contributed by atoms with E-state index in [1.54, 1.807) is 12.1 Å². The van der Waals surface area contributed by atoms with Crippen LogP contribution in [0.5, 0.6) is 0 Å². The summed E-state index contributed by atoms with van der Waals surface area (Å²) < 4.78 is 28.5. The van der Waals surface area contributed by atoms with E-state index >= 15 is 0 Å². The first kappa shape index (κ1) is 15.0. The Morgan fingerprint density at radius 2 is 1.55 bits per heavy atom. The van der Waals surface area contributed by atoms with Gasteiger partial charge in [0, 0.05) is 6.26 Å². The summed E-state index contributed by atoms with van der Waals surface area (Å²) in [6, 6.07) is 17.2. The van der Waals surface area contributed by atoms with E-state index < -0.39 is 17.9 Å². The molecule has 22 heavy (non-hydrogen) atoms. The number of benzene rings is 2. The van der Waals surface area contributed by atoms with Gasteiger partial charge >= 0.3 is 5.97 Å². The molecule has 1 heterocycles. The molecule has 0 amide bonds.